The van der Waals surface area contributed by atoms with Crippen LogP contribution in [0.5, 0.6) is 0 Å². The number of rotatable bonds is 14. The number of aliphatic imine (C=N–C) groups is 1. The van der Waals surface area contributed by atoms with Gasteiger partial charge in [-0.25, -0.2) is 14.3 Å². The molecular weight excluding hydrogens is 1600 g/mol. The molecule has 0 aliphatic carbocycles. The van der Waals surface area contributed by atoms with E-state index in [0.29, 0.717) is 29.6 Å². The molecule has 11 rings (SSSR count). The Bertz CT molecular complexity index is 3300. The first-order valence-corrected chi connectivity index (χ1v) is 24.5. The van der Waals surface area contributed by atoms with Crippen molar-refractivity contribution in [3.8, 4) is 40.1 Å². The molecule has 8 heterocycles. The largest absolute Gasteiger partial charge is 0.628 e. The molecule has 0 saturated heterocycles. The van der Waals surface area contributed by atoms with Crippen molar-refractivity contribution in [2.75, 3.05) is 6.67 Å². The Labute approximate surface area is 503 Å². The minimum absolute atomic E-state index is 0. The topological polar surface area (TPSA) is 145 Å². The zero-order valence-electron chi connectivity index (χ0n) is 43.7. The fourth-order valence-corrected chi connectivity index (χ4v) is 7.43. The third-order valence-corrected chi connectivity index (χ3v) is 11.5. The van der Waals surface area contributed by atoms with E-state index in [4.69, 9.17) is 9.40 Å². The first-order chi connectivity index (χ1) is 35.5. The van der Waals surface area contributed by atoms with Crippen molar-refractivity contribution in [2.45, 2.75) is 87.0 Å². The molecule has 0 bridgehead atoms. The number of allylic oxidation sites excluding steroid dienone is 1. The van der Waals surface area contributed by atoms with Gasteiger partial charge in [-0.15, -0.1) is 17.7 Å². The summed E-state index contributed by atoms with van der Waals surface area (Å²) >= 11 is 0. The molecule has 0 saturated carbocycles. The summed E-state index contributed by atoms with van der Waals surface area (Å²) in [6, 6.07) is 38.2. The fraction of sp³-hybridized carbons (Fsp3) is 0.263. The first kappa shape index (κ1) is 63.6. The van der Waals surface area contributed by atoms with Gasteiger partial charge < -0.3 is 24.6 Å². The van der Waals surface area contributed by atoms with Crippen LogP contribution in [-0.2, 0) is 105 Å². The number of para-hydroxylation sites is 2. The Kier molecular flexibility index (Phi) is 25.5. The molecule has 77 heavy (non-hydrogen) atoms. The van der Waals surface area contributed by atoms with E-state index in [0.717, 1.165) is 89.3 Å². The van der Waals surface area contributed by atoms with Gasteiger partial charge in [-0.3, -0.25) is 23.7 Å². The summed E-state index contributed by atoms with van der Waals surface area (Å²) in [7, 11) is 0. The maximum absolute atomic E-state index is 12.0. The Morgan fingerprint density at radius 3 is 1.73 bits per heavy atom. The summed E-state index contributed by atoms with van der Waals surface area (Å²) in [6.07, 6.45) is 27.3. The smallest absolute Gasteiger partial charge is 0.150 e. The first-order valence-electron chi connectivity index (χ1n) is 24.5. The third kappa shape index (κ3) is 17.0. The van der Waals surface area contributed by atoms with Gasteiger partial charge in [-0.2, -0.15) is 20.4 Å². The quantitative estimate of drug-likeness (QED) is 0.0773. The number of halogens is 1. The van der Waals surface area contributed by atoms with Crippen molar-refractivity contribution in [1.29, 1.82) is 0 Å². The zero-order valence-corrected chi connectivity index (χ0v) is 52.5. The Morgan fingerprint density at radius 2 is 1.17 bits per heavy atom. The van der Waals surface area contributed by atoms with E-state index in [2.05, 4.69) is 106 Å². The number of benzene rings is 3. The molecule has 20 heteroatoms. The van der Waals surface area contributed by atoms with E-state index in [1.54, 1.807) is 30.2 Å². The van der Waals surface area contributed by atoms with Gasteiger partial charge in [0.2, 0.25) is 0 Å². The number of aryl methyl sites for hydroxylation is 5. The van der Waals surface area contributed by atoms with Crippen molar-refractivity contribution in [1.82, 2.24) is 63.2 Å². The molecule has 1 aliphatic heterocycles. The number of hydrogen-bond acceptors (Lipinski definition) is 9. The van der Waals surface area contributed by atoms with Crippen molar-refractivity contribution in [3.63, 3.8) is 0 Å². The average Bonchev–Trinajstić information content (AvgIpc) is 4.27. The number of imidazole rings is 1. The van der Waals surface area contributed by atoms with Crippen molar-refractivity contribution >= 4 is 11.5 Å². The minimum Gasteiger partial charge on any atom is -0.628 e. The summed E-state index contributed by atoms with van der Waals surface area (Å²) in [5.74, 6) is 4.09. The van der Waals surface area contributed by atoms with Gasteiger partial charge in [0.15, 0.2) is 5.82 Å². The molecule has 0 spiro atoms. The maximum Gasteiger partial charge on any atom is 0.150 e. The van der Waals surface area contributed by atoms with E-state index in [1.165, 1.54) is 4.68 Å². The number of nitrogens with zero attached hydrogens (tertiary/aromatic N) is 14. The van der Waals surface area contributed by atoms with Crippen LogP contribution in [0, 0.1) is 37.1 Å². The number of oxazole rings is 1. The van der Waals surface area contributed by atoms with Crippen LogP contribution in [0.2, 0.25) is 0 Å². The summed E-state index contributed by atoms with van der Waals surface area (Å²) in [6.45, 7) is 14.0. The molecule has 0 unspecified atom stereocenters. The van der Waals surface area contributed by atoms with Gasteiger partial charge in [-0.05, 0) is 85.1 Å². The molecule has 0 N–H and O–H groups in total. The van der Waals surface area contributed by atoms with E-state index in [9.17, 15) is 4.39 Å². The molecule has 4 radical (unpaired) electrons. The van der Waals surface area contributed by atoms with Gasteiger partial charge in [0.25, 0.3) is 0 Å². The van der Waals surface area contributed by atoms with Crippen LogP contribution >= 0.6 is 0 Å². The second kappa shape index (κ2) is 30.8. The number of aromatic nitrogens is 13. The second-order valence-corrected chi connectivity index (χ2v) is 17.5. The Hall–Kier alpha value is -5.96. The van der Waals surface area contributed by atoms with Crippen LogP contribution in [0.15, 0.2) is 156 Å². The molecule has 3 aromatic carbocycles. The Morgan fingerprint density at radius 1 is 0.597 bits per heavy atom. The molecule has 10 aromatic rings. The van der Waals surface area contributed by atoms with Crippen LogP contribution in [0.3, 0.4) is 0 Å². The van der Waals surface area contributed by atoms with Gasteiger partial charge in [-0.1, -0.05) is 151 Å². The van der Waals surface area contributed by atoms with E-state index in [1.807, 2.05) is 142 Å². The average molecular weight is 1650 g/mol. The third-order valence-electron chi connectivity index (χ3n) is 11.5. The van der Waals surface area contributed by atoms with Gasteiger partial charge in [0.1, 0.15) is 12.1 Å². The van der Waals surface area contributed by atoms with E-state index >= 15 is 0 Å². The molecule has 0 atom stereocenters. The van der Waals surface area contributed by atoms with E-state index in [-0.39, 0.29) is 85.2 Å². The van der Waals surface area contributed by atoms with Crippen LogP contribution in [0.25, 0.3) is 45.9 Å². The van der Waals surface area contributed by atoms with Crippen molar-refractivity contribution in [2.24, 2.45) is 10.4 Å². The van der Waals surface area contributed by atoms with Crippen molar-refractivity contribution in [3.05, 3.63) is 200 Å². The van der Waals surface area contributed by atoms with Gasteiger partial charge in [0, 0.05) is 123 Å². The summed E-state index contributed by atoms with van der Waals surface area (Å²) < 4.78 is 27.7. The zero-order chi connectivity index (χ0) is 51.2. The normalized spacial score (nSPS) is 11.8. The second-order valence-electron chi connectivity index (χ2n) is 17.5. The molecule has 7 aromatic heterocycles. The fourth-order valence-electron chi connectivity index (χ4n) is 7.43. The number of hydrogen-bond donors (Lipinski definition) is 0. The van der Waals surface area contributed by atoms with Gasteiger partial charge >= 0.3 is 0 Å². The predicted octanol–water partition coefficient (Wildman–Crippen LogP) is 11.3. The molecule has 410 valence electrons. The maximum atomic E-state index is 12.0. The standard InChI is InChI=1S/C19H16N5.C16H16N3.C13H18N3.C9H9FN3O.3Ir.Rh/c1-2-17-20-14-24(22-17)18-13-23(16-11-7-4-8-12-16)19(21-18)15-9-5-3-6-10-15;1-2-6-14-9-12-19(17-14)16-10-11-18(13-16)15-7-4-3-5-8-15;1-5-6-11-7-8-16(15-11)12-9-13(3,4)10(2)14-12;1-7-11-9(6-14-7)13-5-3-8(12-13)2-4-10;;;;/h3-12,14H,2H2,1H3;3-5,7-12H,2,6H2,1H3;7-8H,5-6H2,1-4H3;3,5H,2,4H2,1H3;;;;/q4*-1;;;;. The Balaban J connectivity index is 0.000000222. The molecular formula is C57H59FIr3N14ORh-4. The molecule has 0 fully saturated rings. The minimum atomic E-state index is -0.404. The van der Waals surface area contributed by atoms with Gasteiger partial charge in [0.05, 0.1) is 29.6 Å². The van der Waals surface area contributed by atoms with Crippen LogP contribution in [-0.4, -0.2) is 75.6 Å². The van der Waals surface area contributed by atoms with Crippen molar-refractivity contribution < 1.29 is 88.6 Å². The number of alkyl halides is 1. The van der Waals surface area contributed by atoms with Crippen LogP contribution in [0.4, 0.5) is 4.39 Å². The molecule has 15 nitrogen and oxygen atoms in total. The summed E-state index contributed by atoms with van der Waals surface area (Å²) in [5, 5.41) is 17.6. The molecule has 1 aliphatic rings. The van der Waals surface area contributed by atoms with E-state index < -0.39 is 6.67 Å². The van der Waals surface area contributed by atoms with Crippen LogP contribution < -0.4 is 0 Å². The SMILES string of the molecule is CCCc1ccn(-c2[c-]n(-c3ccccc3)cc2)n1.CCCc1ccn(C2=[C-]C(C)(C)C(C)=N2)n1.CCc1ncn(-c2[c-]n(-c3ccccc3)c(-c3ccccc3)n2)n1.Cc1nc(-n2ccc(CCF)n2)[c-]o1.[Ir].[Ir].[Ir].[Rh]. The van der Waals surface area contributed by atoms with Crippen LogP contribution in [0.1, 0.15) is 83.2 Å². The summed E-state index contributed by atoms with van der Waals surface area (Å²) in [5.41, 5.74) is 8.08. The molecule has 0 amide bonds. The predicted molar refractivity (Wildman–Crippen MR) is 281 cm³/mol. The summed E-state index contributed by atoms with van der Waals surface area (Å²) in [4.78, 5) is 17.6. The monoisotopic (exact) mass is 1660 g/mol.